The minimum Gasteiger partial charge on any atom is -0.497 e. The van der Waals surface area contributed by atoms with E-state index in [0.717, 1.165) is 10.9 Å². The van der Waals surface area contributed by atoms with Crippen molar-refractivity contribution in [1.29, 1.82) is 0 Å². The molecule has 25 heavy (non-hydrogen) atoms. The fourth-order valence-electron chi connectivity index (χ4n) is 2.60. The summed E-state index contributed by atoms with van der Waals surface area (Å²) in [6.07, 6.45) is 1.46. The minimum absolute atomic E-state index is 0.158. The lowest BCUT2D eigenvalue weighted by molar-refractivity contribution is 0.414. The molecule has 2 aromatic rings. The molecule has 2 aliphatic heterocycles. The van der Waals surface area contributed by atoms with Crippen molar-refractivity contribution in [2.75, 3.05) is 7.11 Å². The van der Waals surface area contributed by atoms with Crippen molar-refractivity contribution in [3.8, 4) is 5.75 Å². The van der Waals surface area contributed by atoms with E-state index in [4.69, 9.17) is 14.9 Å². The highest BCUT2D eigenvalue weighted by atomic mass is 32.2. The molecule has 1 aromatic carbocycles. The third-order valence-electron chi connectivity index (χ3n) is 3.75. The molecule has 0 saturated heterocycles. The average Bonchev–Trinajstić information content (AvgIpc) is 3.06. The molecule has 8 nitrogen and oxygen atoms in total. The smallest absolute Gasteiger partial charge is 0.336 e. The highest BCUT2D eigenvalue weighted by Crippen LogP contribution is 2.27. The van der Waals surface area contributed by atoms with E-state index >= 15 is 0 Å². The quantitative estimate of drug-likeness (QED) is 0.839. The number of nitrogens with two attached hydrogens (primary N) is 1. The number of methoxy groups -OCH3 is 1. The van der Waals surface area contributed by atoms with Gasteiger partial charge in [0, 0.05) is 23.3 Å². The maximum Gasteiger partial charge on any atom is 0.336 e. The Morgan fingerprint density at radius 3 is 3.04 bits per heavy atom. The first kappa shape index (κ1) is 15.6. The Morgan fingerprint density at radius 2 is 2.20 bits per heavy atom. The van der Waals surface area contributed by atoms with Gasteiger partial charge in [-0.1, -0.05) is 0 Å². The summed E-state index contributed by atoms with van der Waals surface area (Å²) < 4.78 is 10.4. The summed E-state index contributed by atoms with van der Waals surface area (Å²) in [6, 6.07) is 6.55. The van der Waals surface area contributed by atoms with E-state index in [9.17, 15) is 4.79 Å². The lowest BCUT2D eigenvalue weighted by atomic mass is 10.1. The predicted octanol–water partition coefficient (Wildman–Crippen LogP) is 1.57. The normalized spacial score (nSPS) is 18.6. The number of fused-ring (bicyclic) bond motifs is 2. The first-order chi connectivity index (χ1) is 12.1. The number of benzene rings is 1. The standard InChI is InChI=1S/C16H13N5O3S/c1-23-9-2-3-10-8(4-12(22)24-11(10)5-9)6-25-15-13-14(19-7-18-13)20-16(17)21-15/h2-5,7,13H,6H2,1H3,(H2,17,18,19,20). The van der Waals surface area contributed by atoms with Crippen molar-refractivity contribution in [1.82, 2.24) is 0 Å². The molecule has 0 spiro atoms. The van der Waals surface area contributed by atoms with Crippen molar-refractivity contribution >= 4 is 45.9 Å². The van der Waals surface area contributed by atoms with Crippen LogP contribution in [0.5, 0.6) is 5.75 Å². The minimum atomic E-state index is -0.413. The maximum absolute atomic E-state index is 11.9. The van der Waals surface area contributed by atoms with Crippen LogP contribution in [0.4, 0.5) is 0 Å². The molecule has 1 atom stereocenters. The van der Waals surface area contributed by atoms with Gasteiger partial charge in [-0.25, -0.2) is 14.8 Å². The first-order valence-corrected chi connectivity index (χ1v) is 8.38. The molecule has 0 amide bonds. The van der Waals surface area contributed by atoms with E-state index in [-0.39, 0.29) is 12.0 Å². The molecule has 2 aliphatic rings. The summed E-state index contributed by atoms with van der Waals surface area (Å²) in [7, 11) is 1.56. The molecule has 126 valence electrons. The van der Waals surface area contributed by atoms with Gasteiger partial charge < -0.3 is 14.9 Å². The SMILES string of the molecule is COc1ccc2c(CSC3=NC(N)=NC4=NC=NC43)cc(=O)oc2c1. The summed E-state index contributed by atoms with van der Waals surface area (Å²) >= 11 is 1.45. The van der Waals surface area contributed by atoms with Crippen LogP contribution in [0.1, 0.15) is 5.56 Å². The number of thioether (sulfide) groups is 1. The molecule has 2 N–H and O–H groups in total. The van der Waals surface area contributed by atoms with Gasteiger partial charge in [-0.05, 0) is 17.7 Å². The van der Waals surface area contributed by atoms with Gasteiger partial charge in [0.15, 0.2) is 11.9 Å². The number of nitrogens with zero attached hydrogens (tertiary/aromatic N) is 4. The van der Waals surface area contributed by atoms with Crippen LogP contribution in [-0.2, 0) is 5.75 Å². The summed E-state index contributed by atoms with van der Waals surface area (Å²) in [4.78, 5) is 28.5. The monoisotopic (exact) mass is 355 g/mol. The highest BCUT2D eigenvalue weighted by Gasteiger charge is 2.28. The molecule has 0 fully saturated rings. The van der Waals surface area contributed by atoms with E-state index in [1.54, 1.807) is 13.2 Å². The van der Waals surface area contributed by atoms with E-state index < -0.39 is 5.63 Å². The number of guanidine groups is 1. The molecule has 0 bridgehead atoms. The fourth-order valence-corrected chi connectivity index (χ4v) is 3.62. The van der Waals surface area contributed by atoms with Gasteiger partial charge in [-0.3, -0.25) is 4.99 Å². The third kappa shape index (κ3) is 2.93. The Balaban J connectivity index is 1.65. The van der Waals surface area contributed by atoms with Crippen molar-refractivity contribution in [2.45, 2.75) is 11.8 Å². The Bertz CT molecular complexity index is 1040. The molecule has 0 saturated carbocycles. The zero-order chi connectivity index (χ0) is 17.4. The topological polar surface area (TPSA) is 115 Å². The zero-order valence-corrected chi connectivity index (χ0v) is 14.0. The molecule has 1 unspecified atom stereocenters. The number of rotatable bonds is 3. The fraction of sp³-hybridized carbons (Fsp3) is 0.188. The van der Waals surface area contributed by atoms with Crippen molar-refractivity contribution in [3.63, 3.8) is 0 Å². The lowest BCUT2D eigenvalue weighted by Crippen LogP contribution is -2.31. The van der Waals surface area contributed by atoms with E-state index in [1.165, 1.54) is 24.2 Å². The Morgan fingerprint density at radius 1 is 1.32 bits per heavy atom. The Kier molecular flexibility index (Phi) is 3.85. The van der Waals surface area contributed by atoms with Crippen molar-refractivity contribution in [3.05, 3.63) is 40.2 Å². The van der Waals surface area contributed by atoms with Gasteiger partial charge >= 0.3 is 5.63 Å². The summed E-state index contributed by atoms with van der Waals surface area (Å²) in [5, 5.41) is 1.55. The van der Waals surface area contributed by atoms with Crippen LogP contribution in [0.15, 0.2) is 53.4 Å². The summed E-state index contributed by atoms with van der Waals surface area (Å²) in [6.45, 7) is 0. The second kappa shape index (κ2) is 6.17. The van der Waals surface area contributed by atoms with Gasteiger partial charge in [0.1, 0.15) is 22.7 Å². The zero-order valence-electron chi connectivity index (χ0n) is 13.2. The van der Waals surface area contributed by atoms with Gasteiger partial charge in [0.2, 0.25) is 5.96 Å². The molecule has 9 heteroatoms. The number of amidine groups is 1. The molecule has 0 radical (unpaired) electrons. The molecular formula is C16H13N5O3S. The van der Waals surface area contributed by atoms with Gasteiger partial charge in [-0.15, -0.1) is 11.8 Å². The van der Waals surface area contributed by atoms with E-state index in [2.05, 4.69) is 20.0 Å². The number of ether oxygens (including phenoxy) is 1. The average molecular weight is 355 g/mol. The number of hydrogen-bond donors (Lipinski definition) is 1. The largest absolute Gasteiger partial charge is 0.497 e. The molecule has 4 rings (SSSR count). The van der Waals surface area contributed by atoms with Gasteiger partial charge in [0.05, 0.1) is 7.11 Å². The van der Waals surface area contributed by atoms with Crippen LogP contribution in [0.2, 0.25) is 0 Å². The summed E-state index contributed by atoms with van der Waals surface area (Å²) in [5.74, 6) is 1.84. The second-order valence-corrected chi connectivity index (χ2v) is 6.31. The third-order valence-corrected chi connectivity index (χ3v) is 4.82. The molecule has 0 aliphatic carbocycles. The van der Waals surface area contributed by atoms with Gasteiger partial charge in [-0.2, -0.15) is 4.99 Å². The van der Waals surface area contributed by atoms with Crippen LogP contribution < -0.4 is 16.1 Å². The van der Waals surface area contributed by atoms with Crippen molar-refractivity contribution in [2.24, 2.45) is 25.7 Å². The number of hydrogen-bond acceptors (Lipinski definition) is 9. The second-order valence-electron chi connectivity index (χ2n) is 5.32. The van der Waals surface area contributed by atoms with Crippen LogP contribution in [-0.4, -0.2) is 36.3 Å². The predicted molar refractivity (Wildman–Crippen MR) is 99.1 cm³/mol. The maximum atomic E-state index is 11.9. The van der Waals surface area contributed by atoms with Crippen LogP contribution in [0, 0.1) is 0 Å². The van der Waals surface area contributed by atoms with E-state index in [0.29, 0.717) is 28.0 Å². The molecule has 3 heterocycles. The van der Waals surface area contributed by atoms with Crippen LogP contribution >= 0.6 is 11.8 Å². The first-order valence-electron chi connectivity index (χ1n) is 7.40. The highest BCUT2D eigenvalue weighted by molar-refractivity contribution is 8.13. The summed E-state index contributed by atoms with van der Waals surface area (Å²) in [5.41, 5.74) is 6.64. The van der Waals surface area contributed by atoms with E-state index in [1.807, 2.05) is 12.1 Å². The molecule has 1 aromatic heterocycles. The lowest BCUT2D eigenvalue weighted by Gasteiger charge is -2.15. The Hall–Kier alpha value is -2.94. The van der Waals surface area contributed by atoms with Crippen LogP contribution in [0.25, 0.3) is 11.0 Å². The van der Waals surface area contributed by atoms with Crippen molar-refractivity contribution < 1.29 is 9.15 Å². The van der Waals surface area contributed by atoms with Gasteiger partial charge in [0.25, 0.3) is 0 Å². The van der Waals surface area contributed by atoms with Crippen LogP contribution in [0.3, 0.4) is 0 Å². The number of aliphatic imine (C=N–C) groups is 4. The molecular weight excluding hydrogens is 342 g/mol. The Labute approximate surface area is 146 Å².